The van der Waals surface area contributed by atoms with E-state index in [-0.39, 0.29) is 6.42 Å². The summed E-state index contributed by atoms with van der Waals surface area (Å²) in [6.45, 7) is 0. The first-order valence-electron chi connectivity index (χ1n) is 6.23. The monoisotopic (exact) mass is 246 g/mol. The molecule has 0 aromatic heterocycles. The summed E-state index contributed by atoms with van der Waals surface area (Å²) in [6.07, 6.45) is 5.03. The summed E-state index contributed by atoms with van der Waals surface area (Å²) < 4.78 is 5.38. The van der Waals surface area contributed by atoms with E-state index < -0.39 is 5.97 Å². The van der Waals surface area contributed by atoms with Gasteiger partial charge >= 0.3 is 5.97 Å². The van der Waals surface area contributed by atoms with Crippen molar-refractivity contribution in [1.29, 1.82) is 0 Å². The van der Waals surface area contributed by atoms with Crippen molar-refractivity contribution in [2.24, 2.45) is 0 Å². The van der Waals surface area contributed by atoms with Gasteiger partial charge in [-0.05, 0) is 36.8 Å². The highest BCUT2D eigenvalue weighted by Crippen LogP contribution is 2.37. The van der Waals surface area contributed by atoms with Gasteiger partial charge in [-0.2, -0.15) is 0 Å². The molecule has 0 heterocycles. The van der Waals surface area contributed by atoms with Crippen LogP contribution in [-0.2, 0) is 4.79 Å². The molecule has 18 heavy (non-hydrogen) atoms. The molecule has 0 saturated carbocycles. The molecule has 3 nitrogen and oxygen atoms in total. The zero-order chi connectivity index (χ0) is 13.0. The van der Waals surface area contributed by atoms with Gasteiger partial charge in [-0.3, -0.25) is 4.79 Å². The summed E-state index contributed by atoms with van der Waals surface area (Å²) in [7, 11) is 1.69. The maximum Gasteiger partial charge on any atom is 0.307 e. The number of methoxy groups -OCH3 is 1. The van der Waals surface area contributed by atoms with Crippen LogP contribution in [0.15, 0.2) is 35.9 Å². The van der Waals surface area contributed by atoms with Crippen molar-refractivity contribution in [3.8, 4) is 5.75 Å². The number of carboxylic acid groups (broad SMARTS) is 1. The van der Waals surface area contributed by atoms with Crippen LogP contribution >= 0.6 is 0 Å². The third kappa shape index (κ3) is 2.92. The van der Waals surface area contributed by atoms with E-state index in [1.807, 2.05) is 18.2 Å². The number of rotatable bonds is 4. The second kappa shape index (κ2) is 5.71. The third-order valence-electron chi connectivity index (χ3n) is 3.46. The van der Waals surface area contributed by atoms with Crippen molar-refractivity contribution < 1.29 is 14.6 Å². The largest absolute Gasteiger partial charge is 0.496 e. The first kappa shape index (κ1) is 12.7. The molecule has 1 unspecified atom stereocenters. The van der Waals surface area contributed by atoms with Crippen LogP contribution in [0.3, 0.4) is 0 Å². The summed E-state index contributed by atoms with van der Waals surface area (Å²) in [5.41, 5.74) is 2.28. The molecular weight excluding hydrogens is 228 g/mol. The Kier molecular flexibility index (Phi) is 4.03. The number of carboxylic acids is 1. The fourth-order valence-corrected chi connectivity index (χ4v) is 2.53. The van der Waals surface area contributed by atoms with E-state index in [1.54, 1.807) is 7.11 Å². The Labute approximate surface area is 107 Å². The highest BCUT2D eigenvalue weighted by atomic mass is 16.5. The molecule has 0 amide bonds. The number of benzene rings is 1. The maximum atomic E-state index is 10.7. The normalized spacial score (nSPS) is 19.2. The molecular formula is C15H18O3. The molecule has 96 valence electrons. The lowest BCUT2D eigenvalue weighted by atomic mass is 9.83. The van der Waals surface area contributed by atoms with Crippen LogP contribution in [0, 0.1) is 0 Å². The Morgan fingerprint density at radius 1 is 1.44 bits per heavy atom. The molecule has 2 rings (SSSR count). The van der Waals surface area contributed by atoms with Crippen molar-refractivity contribution in [2.75, 3.05) is 7.11 Å². The molecule has 1 atom stereocenters. The summed E-state index contributed by atoms with van der Waals surface area (Å²) in [5.74, 6) is 0.633. The van der Waals surface area contributed by atoms with Crippen molar-refractivity contribution in [3.63, 3.8) is 0 Å². The number of allylic oxidation sites excluding steroid dienone is 1. The quantitative estimate of drug-likeness (QED) is 0.828. The molecule has 1 N–H and O–H groups in total. The SMILES string of the molecule is COc1ccccc1C1CC=C(CC(=O)O)CC1. The summed E-state index contributed by atoms with van der Waals surface area (Å²) in [5, 5.41) is 8.77. The van der Waals surface area contributed by atoms with Gasteiger partial charge in [0.2, 0.25) is 0 Å². The number of para-hydroxylation sites is 1. The van der Waals surface area contributed by atoms with Crippen LogP contribution in [0.1, 0.15) is 37.2 Å². The molecule has 1 aromatic carbocycles. The molecule has 0 radical (unpaired) electrons. The van der Waals surface area contributed by atoms with E-state index >= 15 is 0 Å². The van der Waals surface area contributed by atoms with Gasteiger partial charge in [-0.25, -0.2) is 0 Å². The predicted molar refractivity (Wildman–Crippen MR) is 69.9 cm³/mol. The standard InChI is InChI=1S/C15H18O3/c1-18-14-5-3-2-4-13(14)12-8-6-11(7-9-12)10-15(16)17/h2-6,12H,7-10H2,1H3,(H,16,17). The molecule has 0 aliphatic heterocycles. The van der Waals surface area contributed by atoms with Crippen LogP contribution in [0.25, 0.3) is 0 Å². The van der Waals surface area contributed by atoms with Gasteiger partial charge < -0.3 is 9.84 Å². The van der Waals surface area contributed by atoms with Crippen LogP contribution in [0.2, 0.25) is 0 Å². The van der Waals surface area contributed by atoms with Gasteiger partial charge in [0, 0.05) is 0 Å². The van der Waals surface area contributed by atoms with E-state index in [2.05, 4.69) is 12.1 Å². The number of aliphatic carboxylic acids is 1. The molecule has 1 aliphatic carbocycles. The van der Waals surface area contributed by atoms with Crippen molar-refractivity contribution in [2.45, 2.75) is 31.6 Å². The minimum Gasteiger partial charge on any atom is -0.496 e. The third-order valence-corrected chi connectivity index (χ3v) is 3.46. The lowest BCUT2D eigenvalue weighted by Gasteiger charge is -2.23. The van der Waals surface area contributed by atoms with E-state index in [0.717, 1.165) is 30.6 Å². The Bertz CT molecular complexity index is 463. The Hall–Kier alpha value is -1.77. The van der Waals surface area contributed by atoms with Gasteiger partial charge in [-0.1, -0.05) is 29.8 Å². The Balaban J connectivity index is 2.09. The molecule has 0 fully saturated rings. The maximum absolute atomic E-state index is 10.7. The molecule has 1 aliphatic rings. The first-order chi connectivity index (χ1) is 8.70. The Morgan fingerprint density at radius 3 is 2.83 bits per heavy atom. The second-order valence-corrected chi connectivity index (χ2v) is 4.65. The van der Waals surface area contributed by atoms with Crippen LogP contribution < -0.4 is 4.74 Å². The summed E-state index contributed by atoms with van der Waals surface area (Å²) in [6, 6.07) is 8.07. The lowest BCUT2D eigenvalue weighted by molar-refractivity contribution is -0.136. The van der Waals surface area contributed by atoms with E-state index in [1.165, 1.54) is 5.56 Å². The highest BCUT2D eigenvalue weighted by Gasteiger charge is 2.19. The molecule has 0 saturated heterocycles. The fourth-order valence-electron chi connectivity index (χ4n) is 2.53. The predicted octanol–water partition coefficient (Wildman–Crippen LogP) is 3.36. The van der Waals surface area contributed by atoms with Crippen molar-refractivity contribution >= 4 is 5.97 Å². The van der Waals surface area contributed by atoms with E-state index in [9.17, 15) is 4.79 Å². The number of carbonyl (C=O) groups is 1. The number of ether oxygens (including phenoxy) is 1. The number of hydrogen-bond donors (Lipinski definition) is 1. The van der Waals surface area contributed by atoms with Crippen molar-refractivity contribution in [1.82, 2.24) is 0 Å². The average molecular weight is 246 g/mol. The van der Waals surface area contributed by atoms with Gasteiger partial charge in [0.25, 0.3) is 0 Å². The van der Waals surface area contributed by atoms with Gasteiger partial charge in [0.1, 0.15) is 5.75 Å². The average Bonchev–Trinajstić information content (AvgIpc) is 2.39. The summed E-state index contributed by atoms with van der Waals surface area (Å²) in [4.78, 5) is 10.7. The van der Waals surface area contributed by atoms with Crippen LogP contribution in [-0.4, -0.2) is 18.2 Å². The smallest absolute Gasteiger partial charge is 0.307 e. The fraction of sp³-hybridized carbons (Fsp3) is 0.400. The first-order valence-corrected chi connectivity index (χ1v) is 6.23. The van der Waals surface area contributed by atoms with Gasteiger partial charge in [-0.15, -0.1) is 0 Å². The minimum absolute atomic E-state index is 0.179. The zero-order valence-electron chi connectivity index (χ0n) is 10.6. The summed E-state index contributed by atoms with van der Waals surface area (Å²) >= 11 is 0. The topological polar surface area (TPSA) is 46.5 Å². The second-order valence-electron chi connectivity index (χ2n) is 4.65. The molecule has 1 aromatic rings. The zero-order valence-corrected chi connectivity index (χ0v) is 10.6. The highest BCUT2D eigenvalue weighted by molar-refractivity contribution is 5.70. The molecule has 3 heteroatoms. The molecule has 0 spiro atoms. The molecule has 0 bridgehead atoms. The van der Waals surface area contributed by atoms with Gasteiger partial charge in [0.05, 0.1) is 13.5 Å². The Morgan fingerprint density at radius 2 is 2.22 bits per heavy atom. The van der Waals surface area contributed by atoms with E-state index in [4.69, 9.17) is 9.84 Å². The van der Waals surface area contributed by atoms with Crippen LogP contribution in [0.5, 0.6) is 5.75 Å². The van der Waals surface area contributed by atoms with Gasteiger partial charge in [0.15, 0.2) is 0 Å². The van der Waals surface area contributed by atoms with Crippen molar-refractivity contribution in [3.05, 3.63) is 41.5 Å². The minimum atomic E-state index is -0.739. The lowest BCUT2D eigenvalue weighted by Crippen LogP contribution is -2.08. The number of hydrogen-bond acceptors (Lipinski definition) is 2. The van der Waals surface area contributed by atoms with Crippen LogP contribution in [0.4, 0.5) is 0 Å². The van der Waals surface area contributed by atoms with E-state index in [0.29, 0.717) is 5.92 Å².